The monoisotopic (exact) mass is 654 g/mol. The van der Waals surface area contributed by atoms with Gasteiger partial charge < -0.3 is 9.45 Å². The molecule has 1 N–H and O–H groups in total. The molecule has 10 heteroatoms. The van der Waals surface area contributed by atoms with E-state index in [1.165, 1.54) is 15.7 Å². The van der Waals surface area contributed by atoms with Gasteiger partial charge in [-0.2, -0.15) is 0 Å². The number of aromatic nitrogens is 2. The summed E-state index contributed by atoms with van der Waals surface area (Å²) in [6.07, 6.45) is 2.67. The molecule has 1 unspecified atom stereocenters. The quantitative estimate of drug-likeness (QED) is 0.186. The van der Waals surface area contributed by atoms with Gasteiger partial charge in [0, 0.05) is 41.5 Å². The predicted molar refractivity (Wildman–Crippen MR) is 183 cm³/mol. The largest absolute Gasteiger partial charge is 0.598 e. The van der Waals surface area contributed by atoms with E-state index in [1.807, 2.05) is 27.7 Å². The van der Waals surface area contributed by atoms with Gasteiger partial charge in [-0.1, -0.05) is 60.9 Å². The third kappa shape index (κ3) is 6.73. The van der Waals surface area contributed by atoms with Crippen molar-refractivity contribution in [1.29, 1.82) is 0 Å². The van der Waals surface area contributed by atoms with Crippen molar-refractivity contribution in [3.8, 4) is 17.2 Å². The highest BCUT2D eigenvalue weighted by Gasteiger charge is 2.50. The number of nitrogens with zero attached hydrogens (tertiary/aromatic N) is 3. The Bertz CT molecular complexity index is 1660. The van der Waals surface area contributed by atoms with Gasteiger partial charge in [0.05, 0.1) is 21.8 Å². The zero-order chi connectivity index (χ0) is 31.3. The van der Waals surface area contributed by atoms with Crippen molar-refractivity contribution < 1.29 is 4.55 Å². The smallest absolute Gasteiger partial charge is 0.260 e. The number of benzene rings is 2. The Morgan fingerprint density at radius 1 is 1.12 bits per heavy atom. The zero-order valence-electron chi connectivity index (χ0n) is 26.0. The predicted octanol–water partition coefficient (Wildman–Crippen LogP) is 7.01. The molecule has 1 aliphatic heterocycles. The second kappa shape index (κ2) is 11.9. The number of aryl methyl sites for hydroxylation is 1. The molecule has 1 saturated heterocycles. The van der Waals surface area contributed by atoms with E-state index in [9.17, 15) is 9.35 Å². The van der Waals surface area contributed by atoms with E-state index < -0.39 is 24.2 Å². The fraction of sp³-hybridized carbons (Fsp3) is 0.455. The van der Waals surface area contributed by atoms with Gasteiger partial charge in [0.2, 0.25) is 0 Å². The van der Waals surface area contributed by atoms with Gasteiger partial charge in [0.25, 0.3) is 5.56 Å². The van der Waals surface area contributed by atoms with E-state index in [0.717, 1.165) is 37.9 Å². The van der Waals surface area contributed by atoms with Crippen molar-refractivity contribution in [2.75, 3.05) is 18.0 Å². The van der Waals surface area contributed by atoms with Crippen LogP contribution in [0.5, 0.6) is 0 Å². The molecule has 1 spiro atoms. The van der Waals surface area contributed by atoms with Crippen molar-refractivity contribution in [1.82, 2.24) is 14.3 Å². The van der Waals surface area contributed by atoms with Gasteiger partial charge in [-0.3, -0.25) is 9.36 Å². The summed E-state index contributed by atoms with van der Waals surface area (Å²) >= 11 is 11.4. The Morgan fingerprint density at radius 2 is 1.81 bits per heavy atom. The van der Waals surface area contributed by atoms with Crippen molar-refractivity contribution in [3.05, 3.63) is 85.4 Å². The van der Waals surface area contributed by atoms with Crippen LogP contribution in [0, 0.1) is 23.8 Å². The van der Waals surface area contributed by atoms with Crippen LogP contribution in [0.3, 0.4) is 0 Å². The molecule has 1 aromatic heterocycles. The molecule has 1 aliphatic carbocycles. The van der Waals surface area contributed by atoms with Crippen LogP contribution in [0.1, 0.15) is 62.2 Å². The summed E-state index contributed by atoms with van der Waals surface area (Å²) in [6, 6.07) is 13.3. The topological polar surface area (TPSA) is 73.2 Å². The number of anilines is 1. The van der Waals surface area contributed by atoms with Crippen molar-refractivity contribution in [2.24, 2.45) is 5.41 Å². The lowest BCUT2D eigenvalue weighted by atomic mass is 9.73. The lowest BCUT2D eigenvalue weighted by Crippen LogP contribution is -2.50. The van der Waals surface area contributed by atoms with E-state index in [0.29, 0.717) is 27.4 Å². The Kier molecular flexibility index (Phi) is 8.91. The summed E-state index contributed by atoms with van der Waals surface area (Å²) in [5, 5.41) is 0.713. The number of fused-ring (bicyclic) bond motifs is 1. The molecule has 2 aromatic carbocycles. The lowest BCUT2D eigenvalue weighted by molar-refractivity contribution is 0.176. The molecule has 6 nitrogen and oxygen atoms in total. The van der Waals surface area contributed by atoms with Crippen LogP contribution >= 0.6 is 23.2 Å². The number of hydrogen-bond donors (Lipinski definition) is 1. The zero-order valence-corrected chi connectivity index (χ0v) is 29.3. The van der Waals surface area contributed by atoms with E-state index in [2.05, 4.69) is 58.9 Å². The molecular weight excluding hydrogens is 615 g/mol. The van der Waals surface area contributed by atoms with E-state index >= 15 is 0 Å². The van der Waals surface area contributed by atoms with Crippen LogP contribution in [-0.4, -0.2) is 40.0 Å². The molecule has 228 valence electrons. The Labute approximate surface area is 269 Å². The van der Waals surface area contributed by atoms with E-state index in [4.69, 9.17) is 28.2 Å². The lowest BCUT2D eigenvalue weighted by Gasteiger charge is -2.44. The molecule has 1 fully saturated rings. The van der Waals surface area contributed by atoms with Gasteiger partial charge in [0.15, 0.2) is 0 Å². The molecule has 0 radical (unpaired) electrons. The first-order valence-electron chi connectivity index (χ1n) is 14.7. The van der Waals surface area contributed by atoms with Gasteiger partial charge in [-0.15, -0.1) is 10.3 Å². The summed E-state index contributed by atoms with van der Waals surface area (Å²) < 4.78 is 18.1. The average Bonchev–Trinajstić information content (AvgIpc) is 3.20. The molecule has 5 rings (SSSR count). The number of rotatable bonds is 4. The molecular formula is C33H40Cl2N4O2SSi. The molecule has 0 bridgehead atoms. The highest BCUT2D eigenvalue weighted by atomic mass is 35.5. The van der Waals surface area contributed by atoms with Crippen LogP contribution < -0.4 is 15.2 Å². The fourth-order valence-electron chi connectivity index (χ4n) is 5.99. The summed E-state index contributed by atoms with van der Waals surface area (Å²) in [5.41, 5.74) is 7.24. The second-order valence-electron chi connectivity index (χ2n) is 13.8. The van der Waals surface area contributed by atoms with Crippen molar-refractivity contribution in [3.63, 3.8) is 0 Å². The Hall–Kier alpha value is -2.25. The highest BCUT2D eigenvalue weighted by molar-refractivity contribution is 7.90. The third-order valence-corrected chi connectivity index (χ3v) is 11.5. The Balaban J connectivity index is 1.43. The minimum Gasteiger partial charge on any atom is -0.598 e. The standard InChI is InChI=1S/C33H40Cl2N4O2SSi/c1-22-36-28(20-29(40)39(22)27-10-8-9-26(34)30(27)35)38-16-14-33(15-17-38)21-24-12-11-23(13-18-43(5,6)7)19-25(24)31(33)37-42(41)32(2,3)4/h8-12,19-20,31,37H,14-17,21H2,1-7H3/t31-,42?/m1/s1. The molecule has 2 atom stereocenters. The Morgan fingerprint density at radius 3 is 2.44 bits per heavy atom. The molecule has 2 heterocycles. The van der Waals surface area contributed by atoms with E-state index in [-0.39, 0.29) is 17.0 Å². The number of piperidine rings is 1. The van der Waals surface area contributed by atoms with Gasteiger partial charge in [-0.05, 0) is 82.3 Å². The maximum atomic E-state index is 13.5. The number of hydrogen-bond acceptors (Lipinski definition) is 5. The summed E-state index contributed by atoms with van der Waals surface area (Å²) in [5.74, 6) is 4.63. The average molecular weight is 656 g/mol. The second-order valence-corrected chi connectivity index (χ2v) is 21.3. The van der Waals surface area contributed by atoms with Crippen LogP contribution in [0.4, 0.5) is 5.82 Å². The fourth-order valence-corrected chi connectivity index (χ4v) is 7.84. The first-order valence-corrected chi connectivity index (χ1v) is 20.1. The maximum Gasteiger partial charge on any atom is 0.260 e. The molecule has 0 saturated carbocycles. The number of halogens is 2. The molecule has 2 aliphatic rings. The molecule has 3 aromatic rings. The van der Waals surface area contributed by atoms with Crippen LogP contribution in [0.25, 0.3) is 5.69 Å². The maximum absolute atomic E-state index is 13.5. The van der Waals surface area contributed by atoms with Crippen LogP contribution in [-0.2, 0) is 17.8 Å². The summed E-state index contributed by atoms with van der Waals surface area (Å²) in [7, 11) is -1.52. The van der Waals surface area contributed by atoms with Gasteiger partial charge in [-0.25, -0.2) is 4.98 Å². The first-order chi connectivity index (χ1) is 20.1. The highest BCUT2D eigenvalue weighted by Crippen LogP contribution is 2.53. The minimum atomic E-state index is -1.52. The third-order valence-electron chi connectivity index (χ3n) is 8.30. The minimum absolute atomic E-state index is 0.0500. The van der Waals surface area contributed by atoms with Gasteiger partial charge >= 0.3 is 0 Å². The SMILES string of the molecule is Cc1nc(N2CCC3(CC2)Cc2ccc(C#C[Si](C)(C)C)cc2[C@H]3N[S+]([O-])C(C)(C)C)cc(=O)n1-c1cccc(Cl)c1Cl. The number of nitrogens with one attached hydrogen (secondary N) is 1. The summed E-state index contributed by atoms with van der Waals surface area (Å²) in [4.78, 5) is 20.3. The first kappa shape index (κ1) is 32.1. The van der Waals surface area contributed by atoms with Crippen molar-refractivity contribution in [2.45, 2.75) is 77.4 Å². The van der Waals surface area contributed by atoms with E-state index in [1.54, 1.807) is 24.3 Å². The van der Waals surface area contributed by atoms with Gasteiger partial charge in [0.1, 0.15) is 24.5 Å². The molecule has 0 amide bonds. The molecule has 43 heavy (non-hydrogen) atoms. The summed E-state index contributed by atoms with van der Waals surface area (Å²) in [6.45, 7) is 16.0. The van der Waals surface area contributed by atoms with Crippen LogP contribution in [0.15, 0.2) is 47.3 Å². The van der Waals surface area contributed by atoms with Crippen molar-refractivity contribution >= 4 is 48.5 Å². The van der Waals surface area contributed by atoms with Crippen LogP contribution in [0.2, 0.25) is 29.7 Å². The normalized spacial score (nSPS) is 18.7.